The van der Waals surface area contributed by atoms with Gasteiger partial charge in [0.25, 0.3) is 0 Å². The molecule has 1 heterocycles. The van der Waals surface area contributed by atoms with Crippen molar-refractivity contribution in [1.29, 1.82) is 0 Å². The summed E-state index contributed by atoms with van der Waals surface area (Å²) < 4.78 is 5.55. The summed E-state index contributed by atoms with van der Waals surface area (Å²) in [4.78, 5) is 12.9. The molecule has 1 aliphatic heterocycles. The van der Waals surface area contributed by atoms with Gasteiger partial charge in [-0.1, -0.05) is 11.6 Å². The monoisotopic (exact) mass is 253 g/mol. The Morgan fingerprint density at radius 2 is 2.29 bits per heavy atom. The van der Waals surface area contributed by atoms with Gasteiger partial charge in [0.15, 0.2) is 6.29 Å². The lowest BCUT2D eigenvalue weighted by Crippen LogP contribution is -2.36. The first-order chi connectivity index (χ1) is 8.13. The zero-order valence-electron chi connectivity index (χ0n) is 10.0. The van der Waals surface area contributed by atoms with Crippen LogP contribution in [0, 0.1) is 0 Å². The van der Waals surface area contributed by atoms with E-state index in [4.69, 9.17) is 16.3 Å². The van der Waals surface area contributed by atoms with Gasteiger partial charge in [-0.2, -0.15) is 0 Å². The standard InChI is InChI=1S/C13H16ClNO2/c1-9-13(5-6-17-9)15(2)11-4-3-10(8-16)12(14)7-11/h3-4,7-9,13H,5-6H2,1-2H3. The van der Waals surface area contributed by atoms with Gasteiger partial charge < -0.3 is 9.64 Å². The van der Waals surface area contributed by atoms with Gasteiger partial charge in [-0.15, -0.1) is 0 Å². The van der Waals surface area contributed by atoms with E-state index < -0.39 is 0 Å². The van der Waals surface area contributed by atoms with Crippen LogP contribution in [0.5, 0.6) is 0 Å². The van der Waals surface area contributed by atoms with Crippen LogP contribution in [0.3, 0.4) is 0 Å². The number of nitrogens with zero attached hydrogens (tertiary/aromatic N) is 1. The van der Waals surface area contributed by atoms with Crippen LogP contribution in [0.4, 0.5) is 5.69 Å². The van der Waals surface area contributed by atoms with E-state index in [1.165, 1.54) is 0 Å². The second kappa shape index (κ2) is 5.07. The van der Waals surface area contributed by atoms with Gasteiger partial charge in [0.1, 0.15) is 0 Å². The van der Waals surface area contributed by atoms with E-state index in [-0.39, 0.29) is 6.10 Å². The van der Waals surface area contributed by atoms with Crippen molar-refractivity contribution in [2.45, 2.75) is 25.5 Å². The number of halogens is 1. The molecule has 0 aliphatic carbocycles. The summed E-state index contributed by atoms with van der Waals surface area (Å²) in [7, 11) is 2.03. The summed E-state index contributed by atoms with van der Waals surface area (Å²) >= 11 is 6.03. The molecule has 2 atom stereocenters. The molecule has 0 N–H and O–H groups in total. The number of rotatable bonds is 3. The summed E-state index contributed by atoms with van der Waals surface area (Å²) in [6.45, 7) is 2.88. The maximum absolute atomic E-state index is 10.7. The molecule has 2 unspecified atom stereocenters. The Kier molecular flexibility index (Phi) is 3.69. The van der Waals surface area contributed by atoms with Crippen molar-refractivity contribution < 1.29 is 9.53 Å². The van der Waals surface area contributed by atoms with Crippen LogP contribution in [0.25, 0.3) is 0 Å². The molecule has 1 aromatic carbocycles. The molecule has 17 heavy (non-hydrogen) atoms. The Labute approximate surface area is 106 Å². The molecule has 3 nitrogen and oxygen atoms in total. The molecule has 0 aromatic heterocycles. The Morgan fingerprint density at radius 3 is 2.82 bits per heavy atom. The third-order valence-electron chi connectivity index (χ3n) is 3.35. The molecule has 92 valence electrons. The van der Waals surface area contributed by atoms with Crippen LogP contribution in [0.15, 0.2) is 18.2 Å². The predicted molar refractivity (Wildman–Crippen MR) is 69.1 cm³/mol. The molecule has 1 saturated heterocycles. The van der Waals surface area contributed by atoms with Crippen molar-refractivity contribution >= 4 is 23.6 Å². The van der Waals surface area contributed by atoms with E-state index >= 15 is 0 Å². The van der Waals surface area contributed by atoms with Gasteiger partial charge in [0.05, 0.1) is 17.2 Å². The van der Waals surface area contributed by atoms with Crippen LogP contribution in [-0.2, 0) is 4.74 Å². The first kappa shape index (κ1) is 12.4. The quantitative estimate of drug-likeness (QED) is 0.776. The lowest BCUT2D eigenvalue weighted by molar-refractivity contribution is 0.112. The predicted octanol–water partition coefficient (Wildman–Crippen LogP) is 2.77. The molecule has 0 saturated carbocycles. The molecule has 0 radical (unpaired) electrons. The van der Waals surface area contributed by atoms with Crippen LogP contribution in [-0.4, -0.2) is 32.1 Å². The second-order valence-corrected chi connectivity index (χ2v) is 4.77. The van der Waals surface area contributed by atoms with E-state index in [2.05, 4.69) is 11.8 Å². The number of hydrogen-bond acceptors (Lipinski definition) is 3. The number of carbonyl (C=O) groups excluding carboxylic acids is 1. The zero-order valence-corrected chi connectivity index (χ0v) is 10.8. The molecule has 0 bridgehead atoms. The zero-order chi connectivity index (χ0) is 12.4. The highest BCUT2D eigenvalue weighted by molar-refractivity contribution is 6.33. The number of anilines is 1. The molecular formula is C13H16ClNO2. The first-order valence-corrected chi connectivity index (χ1v) is 6.10. The minimum absolute atomic E-state index is 0.226. The summed E-state index contributed by atoms with van der Waals surface area (Å²) in [5.41, 5.74) is 1.54. The fourth-order valence-electron chi connectivity index (χ4n) is 2.25. The Bertz CT molecular complexity index is 422. The average Bonchev–Trinajstić information content (AvgIpc) is 2.74. The number of benzene rings is 1. The van der Waals surface area contributed by atoms with Crippen molar-refractivity contribution in [3.63, 3.8) is 0 Å². The average molecular weight is 254 g/mol. The fraction of sp³-hybridized carbons (Fsp3) is 0.462. The highest BCUT2D eigenvalue weighted by Crippen LogP contribution is 2.27. The lowest BCUT2D eigenvalue weighted by atomic mass is 10.1. The maximum atomic E-state index is 10.7. The lowest BCUT2D eigenvalue weighted by Gasteiger charge is -2.29. The molecule has 1 aromatic rings. The molecular weight excluding hydrogens is 238 g/mol. The van der Waals surface area contributed by atoms with Crippen LogP contribution in [0.2, 0.25) is 5.02 Å². The molecule has 1 fully saturated rings. The van der Waals surface area contributed by atoms with Gasteiger partial charge in [-0.25, -0.2) is 0 Å². The van der Waals surface area contributed by atoms with Crippen LogP contribution >= 0.6 is 11.6 Å². The third kappa shape index (κ3) is 2.45. The van der Waals surface area contributed by atoms with E-state index in [1.54, 1.807) is 6.07 Å². The maximum Gasteiger partial charge on any atom is 0.151 e. The molecule has 2 rings (SSSR count). The smallest absolute Gasteiger partial charge is 0.151 e. The second-order valence-electron chi connectivity index (χ2n) is 4.37. The number of likely N-dealkylation sites (N-methyl/N-ethyl adjacent to an activating group) is 1. The molecule has 0 amide bonds. The number of hydrogen-bond donors (Lipinski definition) is 0. The van der Waals surface area contributed by atoms with Crippen molar-refractivity contribution in [2.75, 3.05) is 18.6 Å². The van der Waals surface area contributed by atoms with Crippen molar-refractivity contribution in [3.8, 4) is 0 Å². The third-order valence-corrected chi connectivity index (χ3v) is 3.68. The SMILES string of the molecule is CC1OCCC1N(C)c1ccc(C=O)c(Cl)c1. The van der Waals surface area contributed by atoms with E-state index in [0.717, 1.165) is 25.0 Å². The molecule has 0 spiro atoms. The summed E-state index contributed by atoms with van der Waals surface area (Å²) in [6, 6.07) is 5.87. The molecule has 4 heteroatoms. The normalized spacial score (nSPS) is 23.7. The summed E-state index contributed by atoms with van der Waals surface area (Å²) in [5.74, 6) is 0. The number of carbonyl (C=O) groups is 1. The largest absolute Gasteiger partial charge is 0.376 e. The summed E-state index contributed by atoms with van der Waals surface area (Å²) in [6.07, 6.45) is 2.02. The Hall–Kier alpha value is -1.06. The highest BCUT2D eigenvalue weighted by atomic mass is 35.5. The Morgan fingerprint density at radius 1 is 1.53 bits per heavy atom. The van der Waals surface area contributed by atoms with Crippen LogP contribution in [0.1, 0.15) is 23.7 Å². The number of ether oxygens (including phenoxy) is 1. The van der Waals surface area contributed by atoms with Crippen LogP contribution < -0.4 is 4.90 Å². The van der Waals surface area contributed by atoms with Gasteiger partial charge in [0.2, 0.25) is 0 Å². The first-order valence-electron chi connectivity index (χ1n) is 5.72. The summed E-state index contributed by atoms with van der Waals surface area (Å²) in [5, 5.41) is 0.496. The van der Waals surface area contributed by atoms with Gasteiger partial charge >= 0.3 is 0 Å². The van der Waals surface area contributed by atoms with E-state index in [9.17, 15) is 4.79 Å². The van der Waals surface area contributed by atoms with Crippen molar-refractivity contribution in [3.05, 3.63) is 28.8 Å². The topological polar surface area (TPSA) is 29.5 Å². The van der Waals surface area contributed by atoms with Gasteiger partial charge in [0, 0.05) is 24.9 Å². The van der Waals surface area contributed by atoms with E-state index in [1.807, 2.05) is 19.2 Å². The number of aldehydes is 1. The minimum Gasteiger partial charge on any atom is -0.376 e. The minimum atomic E-state index is 0.226. The highest BCUT2D eigenvalue weighted by Gasteiger charge is 2.28. The Balaban J connectivity index is 2.21. The molecule has 1 aliphatic rings. The van der Waals surface area contributed by atoms with Crippen molar-refractivity contribution in [1.82, 2.24) is 0 Å². The van der Waals surface area contributed by atoms with Gasteiger partial charge in [-0.05, 0) is 31.5 Å². The van der Waals surface area contributed by atoms with Gasteiger partial charge in [-0.3, -0.25) is 4.79 Å². The van der Waals surface area contributed by atoms with E-state index in [0.29, 0.717) is 16.6 Å². The van der Waals surface area contributed by atoms with Crippen molar-refractivity contribution in [2.24, 2.45) is 0 Å². The fourth-order valence-corrected chi connectivity index (χ4v) is 2.47.